The number of hydrogen-bond donors (Lipinski definition) is 2. The van der Waals surface area contributed by atoms with Gasteiger partial charge in [-0.15, -0.1) is 11.3 Å². The van der Waals surface area contributed by atoms with Crippen LogP contribution in [0.2, 0.25) is 0 Å². The molecule has 1 heterocycles. The molecule has 18 heavy (non-hydrogen) atoms. The van der Waals surface area contributed by atoms with Crippen molar-refractivity contribution in [2.45, 2.75) is 38.3 Å². The van der Waals surface area contributed by atoms with Crippen molar-refractivity contribution in [3.05, 3.63) is 22.4 Å². The van der Waals surface area contributed by atoms with Gasteiger partial charge in [-0.2, -0.15) is 0 Å². The molecule has 0 radical (unpaired) electrons. The maximum Gasteiger partial charge on any atom is 0.305 e. The minimum Gasteiger partial charge on any atom is -0.481 e. The highest BCUT2D eigenvalue weighted by molar-refractivity contribution is 7.10. The maximum atomic E-state index is 10.9. The van der Waals surface area contributed by atoms with Crippen LogP contribution in [0.4, 0.5) is 0 Å². The fourth-order valence-electron chi connectivity index (χ4n) is 1.59. The zero-order valence-electron chi connectivity index (χ0n) is 11.1. The van der Waals surface area contributed by atoms with Gasteiger partial charge in [-0.1, -0.05) is 6.07 Å². The number of nitrogens with one attached hydrogen (secondary N) is 1. The van der Waals surface area contributed by atoms with E-state index in [0.717, 1.165) is 17.8 Å². The molecule has 5 heteroatoms. The zero-order valence-corrected chi connectivity index (χ0v) is 11.9. The summed E-state index contributed by atoms with van der Waals surface area (Å²) in [6.07, 6.45) is 0.943. The lowest BCUT2D eigenvalue weighted by molar-refractivity contribution is -0.137. The van der Waals surface area contributed by atoms with Crippen LogP contribution in [0, 0.1) is 0 Å². The summed E-state index contributed by atoms with van der Waals surface area (Å²) in [4.78, 5) is 11.9. The first kappa shape index (κ1) is 15.1. The van der Waals surface area contributed by atoms with Gasteiger partial charge in [0, 0.05) is 12.0 Å². The Bertz CT molecular complexity index is 362. The summed E-state index contributed by atoms with van der Waals surface area (Å²) in [5.74, 6) is -0.785. The normalized spacial score (nSPS) is 13.5. The molecule has 0 spiro atoms. The Balaban J connectivity index is 2.50. The van der Waals surface area contributed by atoms with E-state index < -0.39 is 5.97 Å². The van der Waals surface area contributed by atoms with Crippen LogP contribution in [0.15, 0.2) is 17.5 Å². The van der Waals surface area contributed by atoms with E-state index in [1.807, 2.05) is 31.4 Å². The minimum absolute atomic E-state index is 0.105. The van der Waals surface area contributed by atoms with Crippen molar-refractivity contribution >= 4 is 17.3 Å². The van der Waals surface area contributed by atoms with Gasteiger partial charge in [0.1, 0.15) is 0 Å². The Hall–Kier alpha value is -0.910. The summed E-state index contributed by atoms with van der Waals surface area (Å²) >= 11 is 1.58. The van der Waals surface area contributed by atoms with Gasteiger partial charge >= 0.3 is 5.97 Å². The largest absolute Gasteiger partial charge is 0.481 e. The van der Waals surface area contributed by atoms with Crippen molar-refractivity contribution in [1.29, 1.82) is 0 Å². The quantitative estimate of drug-likeness (QED) is 0.763. The number of ether oxygens (including phenoxy) is 1. The highest BCUT2D eigenvalue weighted by atomic mass is 32.1. The van der Waals surface area contributed by atoms with E-state index in [9.17, 15) is 4.79 Å². The fourth-order valence-corrected chi connectivity index (χ4v) is 2.39. The molecule has 0 saturated carbocycles. The van der Waals surface area contributed by atoms with E-state index in [-0.39, 0.29) is 18.1 Å². The molecule has 0 aliphatic carbocycles. The topological polar surface area (TPSA) is 58.6 Å². The second-order valence-electron chi connectivity index (χ2n) is 4.83. The van der Waals surface area contributed by atoms with E-state index >= 15 is 0 Å². The number of thiophene rings is 1. The lowest BCUT2D eigenvalue weighted by Crippen LogP contribution is -2.31. The third-order valence-corrected chi connectivity index (χ3v) is 3.92. The average Bonchev–Trinajstić information content (AvgIpc) is 2.80. The number of rotatable bonds is 8. The van der Waals surface area contributed by atoms with E-state index in [1.54, 1.807) is 18.4 Å². The standard InChI is InChI=1S/C13H21NO3S/c1-13(2,17-3)6-7-14-10(9-12(15)16)11-5-4-8-18-11/h4-5,8,10,14H,6-7,9H2,1-3H3,(H,15,16). The number of carboxylic acids is 1. The van der Waals surface area contributed by atoms with Crippen molar-refractivity contribution < 1.29 is 14.6 Å². The van der Waals surface area contributed by atoms with Gasteiger partial charge in [0.05, 0.1) is 18.1 Å². The van der Waals surface area contributed by atoms with Crippen LogP contribution >= 0.6 is 11.3 Å². The number of carboxylic acid groups (broad SMARTS) is 1. The molecule has 1 aromatic heterocycles. The molecule has 102 valence electrons. The van der Waals surface area contributed by atoms with Crippen molar-refractivity contribution in [2.75, 3.05) is 13.7 Å². The fraction of sp³-hybridized carbons (Fsp3) is 0.615. The van der Waals surface area contributed by atoms with Crippen molar-refractivity contribution in [1.82, 2.24) is 5.32 Å². The van der Waals surface area contributed by atoms with Gasteiger partial charge in [-0.05, 0) is 38.3 Å². The molecule has 0 aliphatic rings. The van der Waals surface area contributed by atoms with Gasteiger partial charge in [-0.3, -0.25) is 4.79 Å². The summed E-state index contributed by atoms with van der Waals surface area (Å²) < 4.78 is 5.34. The monoisotopic (exact) mass is 271 g/mol. The molecule has 1 unspecified atom stereocenters. The first-order valence-corrected chi connectivity index (χ1v) is 6.86. The molecule has 0 aromatic carbocycles. The molecule has 0 bridgehead atoms. The minimum atomic E-state index is -0.785. The Morgan fingerprint density at radius 3 is 2.83 bits per heavy atom. The summed E-state index contributed by atoms with van der Waals surface area (Å²) in [5.41, 5.74) is -0.184. The Morgan fingerprint density at radius 2 is 2.33 bits per heavy atom. The van der Waals surface area contributed by atoms with E-state index in [1.165, 1.54) is 0 Å². The van der Waals surface area contributed by atoms with Gasteiger partial charge in [0.15, 0.2) is 0 Å². The molecular weight excluding hydrogens is 250 g/mol. The lowest BCUT2D eigenvalue weighted by atomic mass is 10.0. The first-order valence-electron chi connectivity index (χ1n) is 5.98. The van der Waals surface area contributed by atoms with Crippen LogP contribution in [0.3, 0.4) is 0 Å². The second-order valence-corrected chi connectivity index (χ2v) is 5.81. The molecule has 1 rings (SSSR count). The molecule has 0 saturated heterocycles. The predicted molar refractivity (Wildman–Crippen MR) is 73.0 cm³/mol. The van der Waals surface area contributed by atoms with Gasteiger partial charge in [0.2, 0.25) is 0 Å². The third-order valence-electron chi connectivity index (χ3n) is 2.94. The Labute approximate surface area is 112 Å². The van der Waals surface area contributed by atoms with Gasteiger partial charge in [0.25, 0.3) is 0 Å². The molecule has 1 aromatic rings. The van der Waals surface area contributed by atoms with Crippen LogP contribution in [0.1, 0.15) is 37.6 Å². The average molecular weight is 271 g/mol. The molecule has 2 N–H and O–H groups in total. The van der Waals surface area contributed by atoms with Crippen molar-refractivity contribution in [3.63, 3.8) is 0 Å². The number of aliphatic carboxylic acids is 1. The smallest absolute Gasteiger partial charge is 0.305 e. The van der Waals surface area contributed by atoms with Crippen LogP contribution < -0.4 is 5.32 Å². The summed E-state index contributed by atoms with van der Waals surface area (Å²) in [5, 5.41) is 14.2. The molecule has 4 nitrogen and oxygen atoms in total. The Morgan fingerprint density at radius 1 is 1.61 bits per heavy atom. The number of carbonyl (C=O) groups is 1. The predicted octanol–water partition coefficient (Wildman–Crippen LogP) is 2.67. The SMILES string of the molecule is COC(C)(C)CCNC(CC(=O)O)c1cccs1. The van der Waals surface area contributed by atoms with Crippen LogP contribution in [-0.4, -0.2) is 30.3 Å². The van der Waals surface area contributed by atoms with E-state index in [2.05, 4.69) is 5.32 Å². The van der Waals surface area contributed by atoms with Crippen molar-refractivity contribution in [2.24, 2.45) is 0 Å². The van der Waals surface area contributed by atoms with Gasteiger partial charge in [-0.25, -0.2) is 0 Å². The van der Waals surface area contributed by atoms with E-state index in [0.29, 0.717) is 0 Å². The summed E-state index contributed by atoms with van der Waals surface area (Å²) in [7, 11) is 1.69. The first-order chi connectivity index (χ1) is 8.44. The van der Waals surface area contributed by atoms with Crippen LogP contribution in [0.25, 0.3) is 0 Å². The van der Waals surface area contributed by atoms with Gasteiger partial charge < -0.3 is 15.2 Å². The van der Waals surface area contributed by atoms with Crippen LogP contribution in [0.5, 0.6) is 0 Å². The summed E-state index contributed by atoms with van der Waals surface area (Å²) in [6, 6.07) is 3.79. The molecule has 0 amide bonds. The zero-order chi connectivity index (χ0) is 13.6. The number of methoxy groups -OCH3 is 1. The van der Waals surface area contributed by atoms with E-state index in [4.69, 9.17) is 9.84 Å². The molecule has 1 atom stereocenters. The third kappa shape index (κ3) is 5.16. The van der Waals surface area contributed by atoms with Crippen LogP contribution in [-0.2, 0) is 9.53 Å². The highest BCUT2D eigenvalue weighted by Crippen LogP contribution is 2.22. The number of hydrogen-bond acceptors (Lipinski definition) is 4. The van der Waals surface area contributed by atoms with Crippen molar-refractivity contribution in [3.8, 4) is 0 Å². The maximum absolute atomic E-state index is 10.9. The molecular formula is C13H21NO3S. The molecule has 0 aliphatic heterocycles. The highest BCUT2D eigenvalue weighted by Gasteiger charge is 2.19. The summed E-state index contributed by atoms with van der Waals surface area (Å²) in [6.45, 7) is 4.77. The lowest BCUT2D eigenvalue weighted by Gasteiger charge is -2.24. The second kappa shape index (κ2) is 6.87. The molecule has 0 fully saturated rings. The Kier molecular flexibility index (Phi) is 5.78.